The number of rotatable bonds is 8. The van der Waals surface area contributed by atoms with Crippen molar-refractivity contribution in [3.05, 3.63) is 48.3 Å². The maximum atomic E-state index is 13.1. The van der Waals surface area contributed by atoms with Crippen LogP contribution in [0.5, 0.6) is 0 Å². The molecule has 0 spiro atoms. The number of aromatic nitrogens is 3. The fourth-order valence-corrected chi connectivity index (χ4v) is 3.39. The van der Waals surface area contributed by atoms with Gasteiger partial charge >= 0.3 is 0 Å². The van der Waals surface area contributed by atoms with Gasteiger partial charge in [-0.25, -0.2) is 4.98 Å². The van der Waals surface area contributed by atoms with Crippen molar-refractivity contribution in [1.29, 1.82) is 0 Å². The summed E-state index contributed by atoms with van der Waals surface area (Å²) in [5.41, 5.74) is 3.19. The van der Waals surface area contributed by atoms with E-state index in [-0.39, 0.29) is 11.9 Å². The number of amides is 1. The Morgan fingerprint density at radius 1 is 1.18 bits per heavy atom. The molecule has 1 amide bonds. The van der Waals surface area contributed by atoms with Gasteiger partial charge in [0.05, 0.1) is 23.0 Å². The molecule has 0 aliphatic rings. The first-order chi connectivity index (χ1) is 13.5. The first kappa shape index (κ1) is 20.1. The molecule has 5 heteroatoms. The molecule has 0 fully saturated rings. The maximum Gasteiger partial charge on any atom is 0.252 e. The monoisotopic (exact) mass is 378 g/mol. The van der Waals surface area contributed by atoms with Gasteiger partial charge in [0, 0.05) is 29.7 Å². The molecule has 3 rings (SSSR count). The minimum atomic E-state index is -0.0419. The molecule has 1 aromatic carbocycles. The third-order valence-corrected chi connectivity index (χ3v) is 5.01. The summed E-state index contributed by atoms with van der Waals surface area (Å²) >= 11 is 0. The predicted molar refractivity (Wildman–Crippen MR) is 114 cm³/mol. The zero-order chi connectivity index (χ0) is 20.1. The van der Waals surface area contributed by atoms with Crippen LogP contribution in [-0.2, 0) is 6.54 Å². The molecule has 28 heavy (non-hydrogen) atoms. The van der Waals surface area contributed by atoms with Crippen molar-refractivity contribution in [2.24, 2.45) is 5.92 Å². The molecule has 5 nitrogen and oxygen atoms in total. The van der Waals surface area contributed by atoms with Crippen molar-refractivity contribution >= 4 is 16.8 Å². The average Bonchev–Trinajstić information content (AvgIpc) is 3.16. The van der Waals surface area contributed by atoms with Crippen LogP contribution in [0.1, 0.15) is 57.3 Å². The van der Waals surface area contributed by atoms with E-state index in [4.69, 9.17) is 4.98 Å². The molecule has 148 valence electrons. The van der Waals surface area contributed by atoms with E-state index in [1.54, 1.807) is 6.20 Å². The molecule has 0 radical (unpaired) electrons. The topological polar surface area (TPSA) is 59.8 Å². The summed E-state index contributed by atoms with van der Waals surface area (Å²) in [6.07, 6.45) is 7.06. The first-order valence-electron chi connectivity index (χ1n) is 10.2. The SMILES string of the molecule is CCn1cc(-c2cc(C(=O)N[C@H](C)CCCC(C)C)c3ccccc3n2)cn1. The van der Waals surface area contributed by atoms with E-state index >= 15 is 0 Å². The average molecular weight is 379 g/mol. The van der Waals surface area contributed by atoms with E-state index in [0.29, 0.717) is 11.5 Å². The van der Waals surface area contributed by atoms with Gasteiger partial charge < -0.3 is 5.32 Å². The zero-order valence-corrected chi connectivity index (χ0v) is 17.3. The number of hydrogen-bond acceptors (Lipinski definition) is 3. The largest absolute Gasteiger partial charge is 0.350 e. The number of carbonyl (C=O) groups excluding carboxylic acids is 1. The summed E-state index contributed by atoms with van der Waals surface area (Å²) < 4.78 is 1.86. The highest BCUT2D eigenvalue weighted by atomic mass is 16.1. The number of nitrogens with one attached hydrogen (secondary N) is 1. The van der Waals surface area contributed by atoms with Gasteiger partial charge in [-0.3, -0.25) is 9.48 Å². The lowest BCUT2D eigenvalue weighted by molar-refractivity contribution is 0.0939. The molecule has 3 aromatic rings. The minimum Gasteiger partial charge on any atom is -0.350 e. The molecule has 0 saturated heterocycles. The van der Waals surface area contributed by atoms with Crippen LogP contribution >= 0.6 is 0 Å². The fourth-order valence-electron chi connectivity index (χ4n) is 3.39. The van der Waals surface area contributed by atoms with Crippen molar-refractivity contribution in [2.45, 2.75) is 59.5 Å². The van der Waals surface area contributed by atoms with Crippen molar-refractivity contribution in [3.8, 4) is 11.3 Å². The summed E-state index contributed by atoms with van der Waals surface area (Å²) in [7, 11) is 0. The normalized spacial score (nSPS) is 12.5. The number of aryl methyl sites for hydroxylation is 1. The molecule has 0 bridgehead atoms. The van der Waals surface area contributed by atoms with Crippen LogP contribution < -0.4 is 5.32 Å². The molecule has 1 atom stereocenters. The highest BCUT2D eigenvalue weighted by molar-refractivity contribution is 6.07. The van der Waals surface area contributed by atoms with Crippen LogP contribution in [0.2, 0.25) is 0 Å². The third kappa shape index (κ3) is 4.77. The van der Waals surface area contributed by atoms with Gasteiger partial charge in [0.25, 0.3) is 5.91 Å². The Morgan fingerprint density at radius 3 is 2.68 bits per heavy atom. The van der Waals surface area contributed by atoms with Gasteiger partial charge in [-0.05, 0) is 38.3 Å². The third-order valence-electron chi connectivity index (χ3n) is 5.01. The van der Waals surface area contributed by atoms with Crippen LogP contribution in [0, 0.1) is 5.92 Å². The van der Waals surface area contributed by atoms with Crippen LogP contribution in [0.3, 0.4) is 0 Å². The van der Waals surface area contributed by atoms with Crippen molar-refractivity contribution in [1.82, 2.24) is 20.1 Å². The Kier molecular flexibility index (Phi) is 6.45. The van der Waals surface area contributed by atoms with E-state index in [1.807, 2.05) is 48.1 Å². The molecule has 0 unspecified atom stereocenters. The Hall–Kier alpha value is -2.69. The number of carbonyl (C=O) groups is 1. The summed E-state index contributed by atoms with van der Waals surface area (Å²) in [5.74, 6) is 0.651. The summed E-state index contributed by atoms with van der Waals surface area (Å²) in [5, 5.41) is 8.38. The zero-order valence-electron chi connectivity index (χ0n) is 17.3. The van der Waals surface area contributed by atoms with Gasteiger partial charge in [-0.2, -0.15) is 5.10 Å². The molecule has 0 aliphatic heterocycles. The molecule has 0 aliphatic carbocycles. The molecular formula is C23H30N4O. The molecule has 2 heterocycles. The number of para-hydroxylation sites is 1. The second-order valence-electron chi connectivity index (χ2n) is 7.86. The standard InChI is InChI=1S/C23H30N4O/c1-5-27-15-18(14-24-27)22-13-20(19-11-6-7-12-21(19)26-22)23(28)25-17(4)10-8-9-16(2)3/h6-7,11-17H,5,8-10H2,1-4H3,(H,25,28)/t17-/m1/s1. The highest BCUT2D eigenvalue weighted by Crippen LogP contribution is 2.25. The molecule has 0 saturated carbocycles. The quantitative estimate of drug-likeness (QED) is 0.596. The van der Waals surface area contributed by atoms with E-state index in [1.165, 1.54) is 6.42 Å². The lowest BCUT2D eigenvalue weighted by Crippen LogP contribution is -2.32. The van der Waals surface area contributed by atoms with Gasteiger partial charge in [-0.15, -0.1) is 0 Å². The van der Waals surface area contributed by atoms with Crippen molar-refractivity contribution < 1.29 is 4.79 Å². The second-order valence-corrected chi connectivity index (χ2v) is 7.86. The Morgan fingerprint density at radius 2 is 1.96 bits per heavy atom. The molecular weight excluding hydrogens is 348 g/mol. The number of fused-ring (bicyclic) bond motifs is 1. The maximum absolute atomic E-state index is 13.1. The molecule has 1 N–H and O–H groups in total. The van der Waals surface area contributed by atoms with Crippen LogP contribution in [-0.4, -0.2) is 26.7 Å². The van der Waals surface area contributed by atoms with Crippen LogP contribution in [0.15, 0.2) is 42.7 Å². The Labute approximate surface area is 167 Å². The van der Waals surface area contributed by atoms with E-state index < -0.39 is 0 Å². The Balaban J connectivity index is 1.87. The van der Waals surface area contributed by atoms with Gasteiger partial charge in [0.15, 0.2) is 0 Å². The van der Waals surface area contributed by atoms with Crippen molar-refractivity contribution in [3.63, 3.8) is 0 Å². The van der Waals surface area contributed by atoms with Gasteiger partial charge in [0.1, 0.15) is 0 Å². The number of nitrogens with zero attached hydrogens (tertiary/aromatic N) is 3. The van der Waals surface area contributed by atoms with Gasteiger partial charge in [-0.1, -0.05) is 44.9 Å². The van der Waals surface area contributed by atoms with E-state index in [2.05, 4.69) is 31.2 Å². The summed E-state index contributed by atoms with van der Waals surface area (Å²) in [6.45, 7) is 9.38. The number of benzene rings is 1. The molecule has 2 aromatic heterocycles. The van der Waals surface area contributed by atoms with Crippen LogP contribution in [0.4, 0.5) is 0 Å². The number of hydrogen-bond donors (Lipinski definition) is 1. The second kappa shape index (κ2) is 9.00. The fraction of sp³-hybridized carbons (Fsp3) is 0.435. The number of pyridine rings is 1. The van der Waals surface area contributed by atoms with Crippen molar-refractivity contribution in [2.75, 3.05) is 0 Å². The lowest BCUT2D eigenvalue weighted by atomic mass is 10.0. The first-order valence-corrected chi connectivity index (χ1v) is 10.2. The Bertz CT molecular complexity index is 945. The van der Waals surface area contributed by atoms with Gasteiger partial charge in [0.2, 0.25) is 0 Å². The summed E-state index contributed by atoms with van der Waals surface area (Å²) in [6, 6.07) is 9.83. The minimum absolute atomic E-state index is 0.0419. The summed E-state index contributed by atoms with van der Waals surface area (Å²) in [4.78, 5) is 17.8. The van der Waals surface area contributed by atoms with E-state index in [0.717, 1.165) is 41.5 Å². The van der Waals surface area contributed by atoms with Crippen LogP contribution in [0.25, 0.3) is 22.2 Å². The lowest BCUT2D eigenvalue weighted by Gasteiger charge is -2.16. The van der Waals surface area contributed by atoms with E-state index in [9.17, 15) is 4.79 Å². The highest BCUT2D eigenvalue weighted by Gasteiger charge is 2.16. The smallest absolute Gasteiger partial charge is 0.252 e. The predicted octanol–water partition coefficient (Wildman–Crippen LogP) is 5.06.